The highest BCUT2D eigenvalue weighted by molar-refractivity contribution is 6.33. The second-order valence-corrected chi connectivity index (χ2v) is 6.56. The standard InChI is InChI=1S/C18H21ClN2O2/c1-12-16(18(22)20-11-13-7-3-2-4-8-13)17(21-23-12)14-9-5-6-10-15(14)19/h5-6,9-10,13H,2-4,7-8,11H2,1H3,(H,20,22). The van der Waals surface area contributed by atoms with Crippen LogP contribution < -0.4 is 5.32 Å². The Morgan fingerprint density at radius 3 is 2.78 bits per heavy atom. The summed E-state index contributed by atoms with van der Waals surface area (Å²) in [5, 5.41) is 7.64. The van der Waals surface area contributed by atoms with Gasteiger partial charge in [-0.1, -0.05) is 54.2 Å². The summed E-state index contributed by atoms with van der Waals surface area (Å²) in [5.74, 6) is 0.960. The van der Waals surface area contributed by atoms with Crippen molar-refractivity contribution >= 4 is 17.5 Å². The first-order chi connectivity index (χ1) is 11.2. The molecule has 5 heteroatoms. The number of nitrogens with one attached hydrogen (secondary N) is 1. The average molecular weight is 333 g/mol. The Morgan fingerprint density at radius 2 is 2.04 bits per heavy atom. The number of hydrogen-bond acceptors (Lipinski definition) is 3. The molecule has 1 aliphatic rings. The Bertz CT molecular complexity index is 690. The maximum Gasteiger partial charge on any atom is 0.257 e. The fourth-order valence-corrected chi connectivity index (χ4v) is 3.42. The van der Waals surface area contributed by atoms with E-state index in [0.717, 1.165) is 0 Å². The average Bonchev–Trinajstić information content (AvgIpc) is 2.95. The predicted molar refractivity (Wildman–Crippen MR) is 90.6 cm³/mol. The number of amides is 1. The Labute approximate surface area is 141 Å². The fourth-order valence-electron chi connectivity index (χ4n) is 3.19. The molecule has 0 atom stereocenters. The first kappa shape index (κ1) is 16.1. The molecule has 1 fully saturated rings. The van der Waals surface area contributed by atoms with E-state index >= 15 is 0 Å². The maximum atomic E-state index is 12.6. The van der Waals surface area contributed by atoms with E-state index in [1.807, 2.05) is 18.2 Å². The molecule has 0 radical (unpaired) electrons. The van der Waals surface area contributed by atoms with Gasteiger partial charge >= 0.3 is 0 Å². The van der Waals surface area contributed by atoms with Gasteiger partial charge < -0.3 is 9.84 Å². The van der Waals surface area contributed by atoms with Gasteiger partial charge in [0.2, 0.25) is 0 Å². The minimum absolute atomic E-state index is 0.135. The van der Waals surface area contributed by atoms with Crippen molar-refractivity contribution in [3.63, 3.8) is 0 Å². The van der Waals surface area contributed by atoms with Crippen LogP contribution in [-0.4, -0.2) is 17.6 Å². The van der Waals surface area contributed by atoms with E-state index in [1.165, 1.54) is 32.1 Å². The van der Waals surface area contributed by atoms with E-state index in [4.69, 9.17) is 16.1 Å². The summed E-state index contributed by atoms with van der Waals surface area (Å²) in [6, 6.07) is 7.35. The molecule has 1 heterocycles. The quantitative estimate of drug-likeness (QED) is 0.889. The predicted octanol–water partition coefficient (Wildman–Crippen LogP) is 4.61. The molecule has 0 saturated heterocycles. The summed E-state index contributed by atoms with van der Waals surface area (Å²) in [7, 11) is 0. The van der Waals surface area contributed by atoms with Gasteiger partial charge in [0.25, 0.3) is 5.91 Å². The largest absolute Gasteiger partial charge is 0.360 e. The number of halogens is 1. The molecule has 3 rings (SSSR count). The number of nitrogens with zero attached hydrogens (tertiary/aromatic N) is 1. The molecule has 2 aromatic rings. The van der Waals surface area contributed by atoms with Gasteiger partial charge in [-0.05, 0) is 31.7 Å². The van der Waals surface area contributed by atoms with Crippen LogP contribution in [0.25, 0.3) is 11.3 Å². The van der Waals surface area contributed by atoms with Gasteiger partial charge in [0.05, 0.1) is 5.02 Å². The molecule has 0 bridgehead atoms. The number of aromatic nitrogens is 1. The third-order valence-electron chi connectivity index (χ3n) is 4.49. The highest BCUT2D eigenvalue weighted by Gasteiger charge is 2.23. The van der Waals surface area contributed by atoms with Gasteiger partial charge in [-0.3, -0.25) is 4.79 Å². The molecule has 0 unspecified atom stereocenters. The van der Waals surface area contributed by atoms with Crippen molar-refractivity contribution < 1.29 is 9.32 Å². The zero-order valence-electron chi connectivity index (χ0n) is 13.3. The van der Waals surface area contributed by atoms with Crippen molar-refractivity contribution in [3.05, 3.63) is 40.6 Å². The van der Waals surface area contributed by atoms with E-state index in [9.17, 15) is 4.79 Å². The van der Waals surface area contributed by atoms with Gasteiger partial charge in [-0.25, -0.2) is 0 Å². The van der Waals surface area contributed by atoms with Gasteiger partial charge in [-0.2, -0.15) is 0 Å². The fraction of sp³-hybridized carbons (Fsp3) is 0.444. The molecule has 1 saturated carbocycles. The molecule has 0 spiro atoms. The van der Waals surface area contributed by atoms with E-state index in [1.54, 1.807) is 13.0 Å². The van der Waals surface area contributed by atoms with Crippen LogP contribution >= 0.6 is 11.6 Å². The molecule has 0 aliphatic heterocycles. The molecule has 1 N–H and O–H groups in total. The Kier molecular flexibility index (Phi) is 5.01. The van der Waals surface area contributed by atoms with Crippen LogP contribution in [0.2, 0.25) is 5.02 Å². The molecule has 1 aromatic carbocycles. The zero-order chi connectivity index (χ0) is 16.2. The Hall–Kier alpha value is -1.81. The lowest BCUT2D eigenvalue weighted by Crippen LogP contribution is -2.30. The van der Waals surface area contributed by atoms with Gasteiger partial charge in [0.15, 0.2) is 0 Å². The number of hydrogen-bond donors (Lipinski definition) is 1. The lowest BCUT2D eigenvalue weighted by molar-refractivity contribution is 0.0942. The van der Waals surface area contributed by atoms with E-state index < -0.39 is 0 Å². The third-order valence-corrected chi connectivity index (χ3v) is 4.82. The normalized spacial score (nSPS) is 15.6. The highest BCUT2D eigenvalue weighted by atomic mass is 35.5. The van der Waals surface area contributed by atoms with Crippen molar-refractivity contribution in [3.8, 4) is 11.3 Å². The van der Waals surface area contributed by atoms with Crippen LogP contribution in [0.1, 0.15) is 48.2 Å². The number of aryl methyl sites for hydroxylation is 1. The monoisotopic (exact) mass is 332 g/mol. The molecule has 122 valence electrons. The number of carbonyl (C=O) groups is 1. The van der Waals surface area contributed by atoms with Crippen molar-refractivity contribution in [1.82, 2.24) is 10.5 Å². The van der Waals surface area contributed by atoms with E-state index in [0.29, 0.717) is 40.1 Å². The summed E-state index contributed by atoms with van der Waals surface area (Å²) < 4.78 is 5.25. The SMILES string of the molecule is Cc1onc(-c2ccccc2Cl)c1C(=O)NCC1CCCCC1. The molecule has 23 heavy (non-hydrogen) atoms. The van der Waals surface area contributed by atoms with Crippen LogP contribution in [-0.2, 0) is 0 Å². The topological polar surface area (TPSA) is 55.1 Å². The third kappa shape index (κ3) is 3.58. The lowest BCUT2D eigenvalue weighted by atomic mass is 9.89. The molecular weight excluding hydrogens is 312 g/mol. The summed E-state index contributed by atoms with van der Waals surface area (Å²) in [6.07, 6.45) is 6.22. The van der Waals surface area contributed by atoms with Crippen LogP contribution in [0, 0.1) is 12.8 Å². The second kappa shape index (κ2) is 7.18. The molecule has 1 amide bonds. The summed E-state index contributed by atoms with van der Waals surface area (Å²) in [6.45, 7) is 2.47. The van der Waals surface area contributed by atoms with E-state index in [-0.39, 0.29) is 5.91 Å². The van der Waals surface area contributed by atoms with Gasteiger partial charge in [-0.15, -0.1) is 0 Å². The van der Waals surface area contributed by atoms with Gasteiger partial charge in [0, 0.05) is 12.1 Å². The zero-order valence-corrected chi connectivity index (χ0v) is 14.0. The highest BCUT2D eigenvalue weighted by Crippen LogP contribution is 2.31. The summed E-state index contributed by atoms with van der Waals surface area (Å²) in [5.41, 5.74) is 1.71. The lowest BCUT2D eigenvalue weighted by Gasteiger charge is -2.21. The smallest absolute Gasteiger partial charge is 0.257 e. The van der Waals surface area contributed by atoms with Crippen molar-refractivity contribution in [1.29, 1.82) is 0 Å². The van der Waals surface area contributed by atoms with Crippen LogP contribution in [0.5, 0.6) is 0 Å². The van der Waals surface area contributed by atoms with Crippen molar-refractivity contribution in [2.75, 3.05) is 6.54 Å². The summed E-state index contributed by atoms with van der Waals surface area (Å²) in [4.78, 5) is 12.6. The second-order valence-electron chi connectivity index (χ2n) is 6.16. The van der Waals surface area contributed by atoms with Crippen molar-refractivity contribution in [2.45, 2.75) is 39.0 Å². The van der Waals surface area contributed by atoms with Gasteiger partial charge in [0.1, 0.15) is 17.0 Å². The van der Waals surface area contributed by atoms with E-state index in [2.05, 4.69) is 10.5 Å². The minimum Gasteiger partial charge on any atom is -0.360 e. The number of carbonyl (C=O) groups excluding carboxylic acids is 1. The molecule has 1 aromatic heterocycles. The maximum absolute atomic E-state index is 12.6. The molecule has 4 nitrogen and oxygen atoms in total. The first-order valence-electron chi connectivity index (χ1n) is 8.16. The van der Waals surface area contributed by atoms with Crippen molar-refractivity contribution in [2.24, 2.45) is 5.92 Å². The first-order valence-corrected chi connectivity index (χ1v) is 8.54. The molecule has 1 aliphatic carbocycles. The van der Waals surface area contributed by atoms with Crippen LogP contribution in [0.3, 0.4) is 0 Å². The molecular formula is C18H21ClN2O2. The Morgan fingerprint density at radius 1 is 1.30 bits per heavy atom. The summed E-state index contributed by atoms with van der Waals surface area (Å²) >= 11 is 6.23. The van der Waals surface area contributed by atoms with Crippen LogP contribution in [0.4, 0.5) is 0 Å². The van der Waals surface area contributed by atoms with Crippen LogP contribution in [0.15, 0.2) is 28.8 Å². The Balaban J connectivity index is 1.78. The minimum atomic E-state index is -0.135. The number of rotatable bonds is 4. The number of benzene rings is 1.